The van der Waals surface area contributed by atoms with Crippen LogP contribution in [0.4, 0.5) is 0 Å². The first-order valence-corrected chi connectivity index (χ1v) is 9.25. The van der Waals surface area contributed by atoms with Crippen LogP contribution in [0.5, 0.6) is 0 Å². The van der Waals surface area contributed by atoms with Gasteiger partial charge in [0.05, 0.1) is 5.41 Å². The Labute approximate surface area is 123 Å². The van der Waals surface area contributed by atoms with Crippen molar-refractivity contribution in [1.82, 2.24) is 4.90 Å². The van der Waals surface area contributed by atoms with Crippen LogP contribution in [0.2, 0.25) is 0 Å². The van der Waals surface area contributed by atoms with Crippen LogP contribution in [0.3, 0.4) is 0 Å². The summed E-state index contributed by atoms with van der Waals surface area (Å²) in [4.78, 5) is 15.3. The molecular weight excluding hydrogens is 278 g/mol. The summed E-state index contributed by atoms with van der Waals surface area (Å²) in [6, 6.07) is 0.132. The van der Waals surface area contributed by atoms with Crippen LogP contribution in [-0.2, 0) is 4.79 Å². The van der Waals surface area contributed by atoms with Gasteiger partial charge in [-0.25, -0.2) is 0 Å². The largest absolute Gasteiger partial charge is 0.833 e. The topological polar surface area (TPSA) is 43.4 Å². The van der Waals surface area contributed by atoms with E-state index in [1.165, 1.54) is 23.5 Å². The van der Waals surface area contributed by atoms with E-state index in [4.69, 9.17) is 0 Å². The van der Waals surface area contributed by atoms with Gasteiger partial charge in [0.15, 0.2) is 0 Å². The lowest BCUT2D eigenvalue weighted by Gasteiger charge is -2.62. The number of hydrogen-bond acceptors (Lipinski definition) is 5. The van der Waals surface area contributed by atoms with Crippen molar-refractivity contribution in [3.63, 3.8) is 0 Å². The molecule has 3 fully saturated rings. The van der Waals surface area contributed by atoms with E-state index >= 15 is 0 Å². The number of fused-ring (bicyclic) bond motifs is 2. The molecule has 2 bridgehead atoms. The van der Waals surface area contributed by atoms with E-state index in [1.807, 2.05) is 0 Å². The van der Waals surface area contributed by atoms with Gasteiger partial charge in [-0.3, -0.25) is 4.79 Å². The van der Waals surface area contributed by atoms with E-state index < -0.39 is 9.68 Å². The van der Waals surface area contributed by atoms with Gasteiger partial charge < -0.3 is 10.0 Å². The minimum absolute atomic E-state index is 0.106. The zero-order valence-electron chi connectivity index (χ0n) is 11.7. The molecule has 3 nitrogen and oxygen atoms in total. The highest BCUT2D eigenvalue weighted by molar-refractivity contribution is 8.21. The summed E-state index contributed by atoms with van der Waals surface area (Å²) in [6.45, 7) is 2.98. The Morgan fingerprint density at radius 3 is 2.74 bits per heavy atom. The molecule has 2 aliphatic heterocycles. The third kappa shape index (κ3) is 1.84. The number of rotatable bonds is 2. The Morgan fingerprint density at radius 2 is 2.11 bits per heavy atom. The lowest BCUT2D eigenvalue weighted by molar-refractivity contribution is -0.431. The molecule has 1 aliphatic carbocycles. The highest BCUT2D eigenvalue weighted by atomic mass is 32.2. The van der Waals surface area contributed by atoms with Gasteiger partial charge in [-0.1, -0.05) is 13.3 Å². The number of carbonyl (C=O) groups is 1. The highest BCUT2D eigenvalue weighted by Crippen LogP contribution is 2.60. The fourth-order valence-corrected chi connectivity index (χ4v) is 7.65. The highest BCUT2D eigenvalue weighted by Gasteiger charge is 2.61. The van der Waals surface area contributed by atoms with Crippen molar-refractivity contribution < 1.29 is 9.90 Å². The lowest BCUT2D eigenvalue weighted by Crippen LogP contribution is -2.71. The molecule has 3 unspecified atom stereocenters. The number of carbonyl (C=O) groups excluding carboxylic acids is 1. The maximum atomic E-state index is 13.4. The number of hydrogen-bond donors (Lipinski definition) is 0. The molecule has 5 heteroatoms. The van der Waals surface area contributed by atoms with Crippen LogP contribution >= 0.6 is 23.5 Å². The molecule has 0 N–H and O–H groups in total. The molecule has 2 saturated heterocycles. The molecule has 0 aromatic rings. The summed E-state index contributed by atoms with van der Waals surface area (Å²) in [7, 11) is 2.10. The number of likely N-dealkylation sites (tertiary alicyclic amines) is 1. The Kier molecular flexibility index (Phi) is 3.70. The van der Waals surface area contributed by atoms with E-state index in [0.29, 0.717) is 5.78 Å². The normalized spacial score (nSPS) is 42.6. The van der Waals surface area contributed by atoms with Crippen LogP contribution in [0.15, 0.2) is 0 Å². The molecule has 0 amide bonds. The van der Waals surface area contributed by atoms with Gasteiger partial charge in [0.25, 0.3) is 0 Å². The summed E-state index contributed by atoms with van der Waals surface area (Å²) < 4.78 is -1.14. The Bertz CT molecular complexity index is 384. The summed E-state index contributed by atoms with van der Waals surface area (Å²) >= 11 is 2.99. The van der Waals surface area contributed by atoms with Gasteiger partial charge >= 0.3 is 0 Å². The molecule has 0 aromatic carbocycles. The molecule has 19 heavy (non-hydrogen) atoms. The second-order valence-electron chi connectivity index (χ2n) is 6.04. The summed E-state index contributed by atoms with van der Waals surface area (Å²) in [5.74, 6) is 2.19. The first-order valence-electron chi connectivity index (χ1n) is 7.28. The van der Waals surface area contributed by atoms with Crippen LogP contribution in [0.1, 0.15) is 32.6 Å². The molecule has 3 rings (SSSR count). The fourth-order valence-electron chi connectivity index (χ4n) is 4.42. The Morgan fingerprint density at radius 1 is 1.42 bits per heavy atom. The van der Waals surface area contributed by atoms with E-state index in [2.05, 4.69) is 18.9 Å². The van der Waals surface area contributed by atoms with E-state index in [1.54, 1.807) is 0 Å². The number of thioether (sulfide) groups is 2. The zero-order valence-corrected chi connectivity index (χ0v) is 13.3. The van der Waals surface area contributed by atoms with Gasteiger partial charge in [0.2, 0.25) is 0 Å². The maximum Gasteiger partial charge on any atom is 0.145 e. The monoisotopic (exact) mass is 300 g/mol. The molecule has 3 atom stereocenters. The lowest BCUT2D eigenvalue weighted by atomic mass is 9.60. The van der Waals surface area contributed by atoms with Crippen molar-refractivity contribution in [1.29, 1.82) is 0 Å². The van der Waals surface area contributed by atoms with Crippen molar-refractivity contribution in [3.05, 3.63) is 0 Å². The predicted molar refractivity (Wildman–Crippen MR) is 79.1 cm³/mol. The molecule has 0 spiro atoms. The first kappa shape index (κ1) is 14.2. The molecule has 2 heterocycles. The third-order valence-electron chi connectivity index (χ3n) is 5.14. The smallest absolute Gasteiger partial charge is 0.145 e. The Balaban J connectivity index is 2.07. The summed E-state index contributed by atoms with van der Waals surface area (Å²) in [5, 5.41) is 13.4. The number of Topliss-reactive ketones (excluding diaryl/α,β-unsaturated/α-hetero) is 1. The SMILES string of the molecule is CCC1N(C)CC2CCCC1(C1([O-])SCCS1)C2=O. The van der Waals surface area contributed by atoms with E-state index in [0.717, 1.165) is 43.7 Å². The van der Waals surface area contributed by atoms with Crippen molar-refractivity contribution >= 4 is 29.3 Å². The molecule has 0 radical (unpaired) electrons. The molecule has 3 aliphatic rings. The van der Waals surface area contributed by atoms with Crippen LogP contribution < -0.4 is 5.11 Å². The molecule has 108 valence electrons. The van der Waals surface area contributed by atoms with Crippen molar-refractivity contribution in [2.75, 3.05) is 25.1 Å². The average molecular weight is 300 g/mol. The number of piperidine rings is 1. The third-order valence-corrected chi connectivity index (χ3v) is 8.41. The minimum atomic E-state index is -1.14. The first-order chi connectivity index (χ1) is 9.05. The van der Waals surface area contributed by atoms with Gasteiger partial charge in [0.1, 0.15) is 5.78 Å². The van der Waals surface area contributed by atoms with Gasteiger partial charge in [-0.2, -0.15) is 23.5 Å². The molecular formula is C14H22NO2S2-. The standard InChI is InChI=1S/C14H22NO2S2/c1-3-11-13(14(17)18-7-8-19-14)6-4-5-10(12(13)16)9-15(11)2/h10-11H,3-9H2,1-2H3/q-1. The van der Waals surface area contributed by atoms with Gasteiger partial charge in [0, 0.05) is 30.0 Å². The molecule has 1 saturated carbocycles. The van der Waals surface area contributed by atoms with Gasteiger partial charge in [-0.15, -0.1) is 0 Å². The quantitative estimate of drug-likeness (QED) is 0.774. The second-order valence-corrected chi connectivity index (χ2v) is 8.84. The fraction of sp³-hybridized carbons (Fsp3) is 0.929. The average Bonchev–Trinajstić information content (AvgIpc) is 2.80. The van der Waals surface area contributed by atoms with E-state index in [-0.39, 0.29) is 12.0 Å². The number of ketones is 1. The van der Waals surface area contributed by atoms with Crippen LogP contribution in [0, 0.1) is 11.3 Å². The van der Waals surface area contributed by atoms with Crippen molar-refractivity contribution in [3.8, 4) is 0 Å². The van der Waals surface area contributed by atoms with Gasteiger partial charge in [-0.05, 0) is 30.6 Å². The van der Waals surface area contributed by atoms with Crippen molar-refractivity contribution in [2.45, 2.75) is 42.9 Å². The Hall–Kier alpha value is 0.290. The summed E-state index contributed by atoms with van der Waals surface area (Å²) in [6.07, 6.45) is 3.73. The summed E-state index contributed by atoms with van der Waals surface area (Å²) in [5.41, 5.74) is -0.649. The molecule has 0 aromatic heterocycles. The minimum Gasteiger partial charge on any atom is -0.833 e. The second kappa shape index (κ2) is 4.93. The number of nitrogens with zero attached hydrogens (tertiary/aromatic N) is 1. The predicted octanol–water partition coefficient (Wildman–Crippen LogP) is 1.56. The maximum absolute atomic E-state index is 13.4. The zero-order chi connectivity index (χ0) is 13.7. The van der Waals surface area contributed by atoms with E-state index in [9.17, 15) is 9.90 Å². The van der Waals surface area contributed by atoms with Crippen LogP contribution in [0.25, 0.3) is 0 Å². The van der Waals surface area contributed by atoms with Crippen molar-refractivity contribution in [2.24, 2.45) is 11.3 Å². The van der Waals surface area contributed by atoms with Crippen LogP contribution in [-0.4, -0.2) is 46.1 Å².